The molecule has 2 fully saturated rings. The molecule has 2 rings (SSSR count). The van der Waals surface area contributed by atoms with E-state index in [0.29, 0.717) is 5.41 Å². The van der Waals surface area contributed by atoms with Gasteiger partial charge in [-0.25, -0.2) is 0 Å². The molecule has 2 saturated carbocycles. The summed E-state index contributed by atoms with van der Waals surface area (Å²) in [6, 6.07) is 0. The third kappa shape index (κ3) is 8.32. The predicted molar refractivity (Wildman–Crippen MR) is 163 cm³/mol. The molecule has 2 aliphatic rings. The van der Waals surface area contributed by atoms with E-state index in [1.165, 1.54) is 85.8 Å². The van der Waals surface area contributed by atoms with Crippen molar-refractivity contribution in [3.8, 4) is 0 Å². The van der Waals surface area contributed by atoms with E-state index >= 15 is 0 Å². The molecule has 0 spiro atoms. The van der Waals surface area contributed by atoms with Crippen molar-refractivity contribution in [2.45, 2.75) is 140 Å². The Morgan fingerprint density at radius 2 is 1.61 bits per heavy atom. The molecule has 1 nitrogen and oxygen atoms in total. The fourth-order valence-electron chi connectivity index (χ4n) is 5.78. The molecule has 0 aliphatic heterocycles. The van der Waals surface area contributed by atoms with Crippen molar-refractivity contribution in [2.75, 3.05) is 6.54 Å². The maximum Gasteiger partial charge on any atom is 0.0414 e. The van der Waals surface area contributed by atoms with Gasteiger partial charge in [0.15, 0.2) is 0 Å². The average molecular weight is 494 g/mol. The number of hydrogen-bond acceptors (Lipinski definition) is 1. The second-order valence-corrected chi connectivity index (χ2v) is 13.6. The minimum atomic E-state index is 0.169. The van der Waals surface area contributed by atoms with Crippen LogP contribution in [0.1, 0.15) is 140 Å². The average Bonchev–Trinajstić information content (AvgIpc) is 3.22. The summed E-state index contributed by atoms with van der Waals surface area (Å²) in [7, 11) is 0. The van der Waals surface area contributed by atoms with Crippen LogP contribution in [0, 0.1) is 22.7 Å². The summed E-state index contributed by atoms with van der Waals surface area (Å²) in [4.78, 5) is 5.26. The molecule has 2 atom stereocenters. The molecular weight excluding hydrogens is 434 g/mol. The van der Waals surface area contributed by atoms with Crippen molar-refractivity contribution in [3.05, 3.63) is 45.6 Å². The minimum absolute atomic E-state index is 0.169. The van der Waals surface area contributed by atoms with Gasteiger partial charge in [-0.3, -0.25) is 4.99 Å². The van der Waals surface area contributed by atoms with Gasteiger partial charge < -0.3 is 0 Å². The van der Waals surface area contributed by atoms with E-state index in [1.807, 2.05) is 0 Å². The molecule has 2 unspecified atom stereocenters. The Morgan fingerprint density at radius 3 is 2.06 bits per heavy atom. The standard InChI is InChI=1S/C35H59N/c1-12-35(11,13-2)22-23-36-32(27(6)28(7)34(8,9)10)19-15-18-31(25(3)4)33(29-16-14-17-29)30-21-20-26(5)24-30/h15,18,26,30H,12-14,16-17,19-24H2,1-11H3/b18-15+,28-27+,36-32?. The highest BCUT2D eigenvalue weighted by Crippen LogP contribution is 2.45. The number of nitrogens with zero attached hydrogens (tertiary/aromatic N) is 1. The molecule has 1 heteroatoms. The molecule has 0 aromatic rings. The molecule has 204 valence electrons. The molecule has 36 heavy (non-hydrogen) atoms. The second-order valence-electron chi connectivity index (χ2n) is 13.6. The lowest BCUT2D eigenvalue weighted by Crippen LogP contribution is -2.17. The second kappa shape index (κ2) is 13.4. The Balaban J connectivity index is 2.34. The van der Waals surface area contributed by atoms with Gasteiger partial charge in [-0.1, -0.05) is 96.6 Å². The van der Waals surface area contributed by atoms with Gasteiger partial charge >= 0.3 is 0 Å². The molecule has 0 aromatic carbocycles. The fourth-order valence-corrected chi connectivity index (χ4v) is 5.78. The molecule has 0 saturated heterocycles. The largest absolute Gasteiger partial charge is 0.289 e. The van der Waals surface area contributed by atoms with Crippen LogP contribution in [-0.4, -0.2) is 12.3 Å². The van der Waals surface area contributed by atoms with Crippen LogP contribution in [-0.2, 0) is 0 Å². The maximum absolute atomic E-state index is 5.26. The molecule has 0 heterocycles. The molecule has 0 N–H and O–H groups in total. The first-order valence-electron chi connectivity index (χ1n) is 15.1. The number of aliphatic imine (C=N–C) groups is 1. The highest BCUT2D eigenvalue weighted by molar-refractivity contribution is 6.01. The third-order valence-corrected chi connectivity index (χ3v) is 9.71. The van der Waals surface area contributed by atoms with Gasteiger partial charge in [0.2, 0.25) is 0 Å². The van der Waals surface area contributed by atoms with E-state index in [9.17, 15) is 0 Å². The molecule has 0 bridgehead atoms. The van der Waals surface area contributed by atoms with E-state index in [-0.39, 0.29) is 5.41 Å². The summed E-state index contributed by atoms with van der Waals surface area (Å²) in [5, 5.41) is 0. The molecule has 0 radical (unpaired) electrons. The Hall–Kier alpha value is -1.37. The number of hydrogen-bond donors (Lipinski definition) is 0. The van der Waals surface area contributed by atoms with Gasteiger partial charge in [0, 0.05) is 18.7 Å². The van der Waals surface area contributed by atoms with Gasteiger partial charge in [-0.15, -0.1) is 0 Å². The lowest BCUT2D eigenvalue weighted by atomic mass is 9.77. The van der Waals surface area contributed by atoms with Crippen LogP contribution in [0.5, 0.6) is 0 Å². The third-order valence-electron chi connectivity index (χ3n) is 9.71. The topological polar surface area (TPSA) is 12.4 Å². The van der Waals surface area contributed by atoms with Crippen LogP contribution in [0.25, 0.3) is 0 Å². The van der Waals surface area contributed by atoms with E-state index in [2.05, 4.69) is 88.3 Å². The van der Waals surface area contributed by atoms with Crippen LogP contribution < -0.4 is 0 Å². The van der Waals surface area contributed by atoms with Gasteiger partial charge in [-0.2, -0.15) is 0 Å². The Bertz CT molecular complexity index is 881. The van der Waals surface area contributed by atoms with Crippen LogP contribution in [0.15, 0.2) is 50.6 Å². The summed E-state index contributed by atoms with van der Waals surface area (Å²) in [6.45, 7) is 26.7. The normalized spacial score (nSPS) is 22.1. The first kappa shape index (κ1) is 30.9. The van der Waals surface area contributed by atoms with E-state index < -0.39 is 0 Å². The fraction of sp³-hybridized carbons (Fsp3) is 0.743. The van der Waals surface area contributed by atoms with Crippen molar-refractivity contribution in [1.82, 2.24) is 0 Å². The summed E-state index contributed by atoms with van der Waals surface area (Å²) < 4.78 is 0. The highest BCUT2D eigenvalue weighted by Gasteiger charge is 2.30. The van der Waals surface area contributed by atoms with Crippen molar-refractivity contribution < 1.29 is 0 Å². The Morgan fingerprint density at radius 1 is 0.972 bits per heavy atom. The SMILES string of the molecule is CCC(C)(CC)CCN=C(C/C=C/C(=C(C)C)C(=C1CCC1)C1CCC(C)C1)/C(C)=C(\C)C(C)(C)C. The molecule has 2 aliphatic carbocycles. The predicted octanol–water partition coefficient (Wildman–Crippen LogP) is 11.2. The summed E-state index contributed by atoms with van der Waals surface area (Å²) in [5.41, 5.74) is 11.2. The van der Waals surface area contributed by atoms with Crippen molar-refractivity contribution in [3.63, 3.8) is 0 Å². The van der Waals surface area contributed by atoms with Crippen LogP contribution in [0.4, 0.5) is 0 Å². The lowest BCUT2D eigenvalue weighted by molar-refractivity contribution is 0.278. The zero-order valence-electron chi connectivity index (χ0n) is 26.0. The van der Waals surface area contributed by atoms with E-state index in [1.54, 1.807) is 11.1 Å². The van der Waals surface area contributed by atoms with E-state index in [0.717, 1.165) is 24.8 Å². The van der Waals surface area contributed by atoms with Gasteiger partial charge in [0.1, 0.15) is 0 Å². The van der Waals surface area contributed by atoms with Crippen molar-refractivity contribution in [1.29, 1.82) is 0 Å². The summed E-state index contributed by atoms with van der Waals surface area (Å²) >= 11 is 0. The molecule has 0 amide bonds. The maximum atomic E-state index is 5.26. The van der Waals surface area contributed by atoms with Crippen LogP contribution >= 0.6 is 0 Å². The summed E-state index contributed by atoms with van der Waals surface area (Å²) in [5.74, 6) is 1.64. The quantitative estimate of drug-likeness (QED) is 0.200. The highest BCUT2D eigenvalue weighted by atomic mass is 14.7. The van der Waals surface area contributed by atoms with E-state index in [4.69, 9.17) is 4.99 Å². The Kier molecular flexibility index (Phi) is 11.5. The van der Waals surface area contributed by atoms with Gasteiger partial charge in [-0.05, 0) is 106 Å². The smallest absolute Gasteiger partial charge is 0.0414 e. The first-order valence-corrected chi connectivity index (χ1v) is 15.1. The van der Waals surface area contributed by atoms with Gasteiger partial charge in [0.25, 0.3) is 0 Å². The Labute approximate surface area is 225 Å². The number of rotatable bonds is 11. The summed E-state index contributed by atoms with van der Waals surface area (Å²) in [6.07, 6.45) is 17.6. The molecular formula is C35H59N. The zero-order valence-corrected chi connectivity index (χ0v) is 26.0. The minimum Gasteiger partial charge on any atom is -0.289 e. The monoisotopic (exact) mass is 493 g/mol. The first-order chi connectivity index (χ1) is 16.8. The van der Waals surface area contributed by atoms with Crippen LogP contribution in [0.3, 0.4) is 0 Å². The number of allylic oxidation sites excluding steroid dienone is 8. The lowest BCUT2D eigenvalue weighted by Gasteiger charge is -2.28. The zero-order chi connectivity index (χ0) is 27.1. The molecule has 0 aromatic heterocycles. The van der Waals surface area contributed by atoms with Crippen molar-refractivity contribution in [2.24, 2.45) is 27.7 Å². The van der Waals surface area contributed by atoms with Crippen LogP contribution in [0.2, 0.25) is 0 Å². The van der Waals surface area contributed by atoms with Crippen molar-refractivity contribution >= 4 is 5.71 Å². The van der Waals surface area contributed by atoms with Gasteiger partial charge in [0.05, 0.1) is 0 Å².